The lowest BCUT2D eigenvalue weighted by Crippen LogP contribution is -2.30. The predicted molar refractivity (Wildman–Crippen MR) is 76.4 cm³/mol. The Labute approximate surface area is 121 Å². The van der Waals surface area contributed by atoms with Gasteiger partial charge in [0, 0.05) is 6.42 Å². The SMILES string of the molecule is CCC(=O)c1cccc(N2C(=O)c3ccccc3C2=O)n1. The summed E-state index contributed by atoms with van der Waals surface area (Å²) in [6, 6.07) is 11.4. The Morgan fingerprint density at radius 1 is 1.00 bits per heavy atom. The molecule has 1 aliphatic heterocycles. The van der Waals surface area contributed by atoms with Crippen LogP contribution in [0.25, 0.3) is 0 Å². The first-order valence-corrected chi connectivity index (χ1v) is 6.61. The number of anilines is 1. The van der Waals surface area contributed by atoms with Gasteiger partial charge in [-0.05, 0) is 24.3 Å². The van der Waals surface area contributed by atoms with Crippen LogP contribution in [-0.2, 0) is 0 Å². The molecular weight excluding hydrogens is 268 g/mol. The Bertz CT molecular complexity index is 733. The zero-order valence-corrected chi connectivity index (χ0v) is 11.4. The van der Waals surface area contributed by atoms with E-state index in [-0.39, 0.29) is 17.3 Å². The van der Waals surface area contributed by atoms with Crippen molar-refractivity contribution in [1.29, 1.82) is 0 Å². The topological polar surface area (TPSA) is 67.3 Å². The van der Waals surface area contributed by atoms with Crippen molar-refractivity contribution in [2.24, 2.45) is 0 Å². The van der Waals surface area contributed by atoms with Crippen molar-refractivity contribution in [3.8, 4) is 0 Å². The lowest BCUT2D eigenvalue weighted by atomic mass is 10.1. The molecule has 5 heteroatoms. The first kappa shape index (κ1) is 13.2. The summed E-state index contributed by atoms with van der Waals surface area (Å²) >= 11 is 0. The van der Waals surface area contributed by atoms with E-state index in [1.807, 2.05) is 0 Å². The number of carbonyl (C=O) groups is 3. The third-order valence-electron chi connectivity index (χ3n) is 3.36. The van der Waals surface area contributed by atoms with Gasteiger partial charge in [0.2, 0.25) is 0 Å². The first-order valence-electron chi connectivity index (χ1n) is 6.61. The van der Waals surface area contributed by atoms with E-state index in [9.17, 15) is 14.4 Å². The number of aromatic nitrogens is 1. The van der Waals surface area contributed by atoms with Gasteiger partial charge in [-0.2, -0.15) is 0 Å². The molecule has 0 saturated carbocycles. The number of pyridine rings is 1. The fraction of sp³-hybridized carbons (Fsp3) is 0.125. The van der Waals surface area contributed by atoms with Crippen LogP contribution >= 0.6 is 0 Å². The smallest absolute Gasteiger partial charge is 0.267 e. The molecule has 0 fully saturated rings. The van der Waals surface area contributed by atoms with Crippen LogP contribution < -0.4 is 4.90 Å². The monoisotopic (exact) mass is 280 g/mol. The molecule has 0 atom stereocenters. The zero-order valence-electron chi connectivity index (χ0n) is 11.4. The minimum atomic E-state index is -0.413. The van der Waals surface area contributed by atoms with Crippen molar-refractivity contribution >= 4 is 23.4 Å². The Balaban J connectivity index is 2.05. The van der Waals surface area contributed by atoms with Crippen LogP contribution in [0.5, 0.6) is 0 Å². The molecule has 2 heterocycles. The van der Waals surface area contributed by atoms with E-state index < -0.39 is 11.8 Å². The van der Waals surface area contributed by atoms with E-state index in [4.69, 9.17) is 0 Å². The molecule has 0 spiro atoms. The number of carbonyl (C=O) groups excluding carboxylic acids is 3. The van der Waals surface area contributed by atoms with E-state index in [2.05, 4.69) is 4.98 Å². The minimum absolute atomic E-state index is 0.131. The molecule has 1 aromatic carbocycles. The Morgan fingerprint density at radius 3 is 2.19 bits per heavy atom. The van der Waals surface area contributed by atoms with E-state index in [1.54, 1.807) is 49.4 Å². The average molecular weight is 280 g/mol. The maximum atomic E-state index is 12.3. The Kier molecular flexibility index (Phi) is 3.10. The van der Waals surface area contributed by atoms with Crippen molar-refractivity contribution < 1.29 is 14.4 Å². The minimum Gasteiger partial charge on any atom is -0.292 e. The Morgan fingerprint density at radius 2 is 1.62 bits per heavy atom. The van der Waals surface area contributed by atoms with Crippen LogP contribution in [0.3, 0.4) is 0 Å². The van der Waals surface area contributed by atoms with Gasteiger partial charge in [0.1, 0.15) is 11.5 Å². The molecule has 0 N–H and O–H groups in total. The van der Waals surface area contributed by atoms with Crippen molar-refractivity contribution in [1.82, 2.24) is 4.98 Å². The number of nitrogens with zero attached hydrogens (tertiary/aromatic N) is 2. The van der Waals surface area contributed by atoms with Gasteiger partial charge in [-0.15, -0.1) is 0 Å². The number of hydrogen-bond donors (Lipinski definition) is 0. The summed E-state index contributed by atoms with van der Waals surface area (Å²) in [6.45, 7) is 1.73. The van der Waals surface area contributed by atoms with Gasteiger partial charge in [0.05, 0.1) is 11.1 Å². The lowest BCUT2D eigenvalue weighted by Gasteiger charge is -2.13. The molecule has 5 nitrogen and oxygen atoms in total. The van der Waals surface area contributed by atoms with E-state index in [1.165, 1.54) is 0 Å². The number of imide groups is 1. The molecule has 2 amide bonds. The molecule has 0 aliphatic carbocycles. The van der Waals surface area contributed by atoms with Gasteiger partial charge in [0.25, 0.3) is 11.8 Å². The van der Waals surface area contributed by atoms with Crippen LogP contribution in [0.4, 0.5) is 5.82 Å². The highest BCUT2D eigenvalue weighted by atomic mass is 16.2. The number of hydrogen-bond acceptors (Lipinski definition) is 4. The maximum absolute atomic E-state index is 12.3. The number of amides is 2. The third kappa shape index (κ3) is 2.03. The standard InChI is InChI=1S/C16H12N2O3/c1-2-13(19)12-8-5-9-14(17-12)18-15(20)10-6-3-4-7-11(10)16(18)21/h3-9H,2H2,1H3. The highest BCUT2D eigenvalue weighted by Crippen LogP contribution is 2.27. The van der Waals surface area contributed by atoms with Crippen molar-refractivity contribution in [2.75, 3.05) is 4.90 Å². The fourth-order valence-electron chi connectivity index (χ4n) is 2.28. The normalized spacial score (nSPS) is 13.5. The quantitative estimate of drug-likeness (QED) is 0.640. The third-order valence-corrected chi connectivity index (χ3v) is 3.36. The first-order chi connectivity index (χ1) is 10.1. The summed E-state index contributed by atoms with van der Waals surface area (Å²) in [5, 5.41) is 0. The van der Waals surface area contributed by atoms with Gasteiger partial charge in [0.15, 0.2) is 5.78 Å². The van der Waals surface area contributed by atoms with Crippen molar-refractivity contribution in [2.45, 2.75) is 13.3 Å². The second-order valence-corrected chi connectivity index (χ2v) is 4.65. The summed E-state index contributed by atoms with van der Waals surface area (Å²) in [4.78, 5) is 41.5. The predicted octanol–water partition coefficient (Wildman–Crippen LogP) is 2.47. The van der Waals surface area contributed by atoms with Gasteiger partial charge in [-0.25, -0.2) is 9.88 Å². The second-order valence-electron chi connectivity index (χ2n) is 4.65. The Hall–Kier alpha value is -2.82. The summed E-state index contributed by atoms with van der Waals surface area (Å²) in [7, 11) is 0. The lowest BCUT2D eigenvalue weighted by molar-refractivity contribution is 0.0920. The fourth-order valence-corrected chi connectivity index (χ4v) is 2.28. The molecule has 104 valence electrons. The zero-order chi connectivity index (χ0) is 15.0. The summed E-state index contributed by atoms with van der Waals surface area (Å²) in [5.74, 6) is -0.776. The molecule has 3 rings (SSSR count). The molecular formula is C16H12N2O3. The largest absolute Gasteiger partial charge is 0.292 e. The number of benzene rings is 1. The van der Waals surface area contributed by atoms with Crippen LogP contribution in [0.1, 0.15) is 44.5 Å². The molecule has 2 aromatic rings. The molecule has 21 heavy (non-hydrogen) atoms. The maximum Gasteiger partial charge on any atom is 0.267 e. The number of ketones is 1. The average Bonchev–Trinajstić information content (AvgIpc) is 2.78. The van der Waals surface area contributed by atoms with E-state index >= 15 is 0 Å². The molecule has 0 saturated heterocycles. The van der Waals surface area contributed by atoms with E-state index in [0.717, 1.165) is 4.90 Å². The number of fused-ring (bicyclic) bond motifs is 1. The van der Waals surface area contributed by atoms with Crippen molar-refractivity contribution in [3.63, 3.8) is 0 Å². The van der Waals surface area contributed by atoms with Gasteiger partial charge in [-0.3, -0.25) is 14.4 Å². The van der Waals surface area contributed by atoms with Crippen LogP contribution in [0.15, 0.2) is 42.5 Å². The summed E-state index contributed by atoms with van der Waals surface area (Å²) in [6.07, 6.45) is 0.318. The van der Waals surface area contributed by atoms with Crippen LogP contribution in [0.2, 0.25) is 0 Å². The van der Waals surface area contributed by atoms with Crippen LogP contribution in [-0.4, -0.2) is 22.6 Å². The van der Waals surface area contributed by atoms with Gasteiger partial charge in [-0.1, -0.05) is 25.1 Å². The van der Waals surface area contributed by atoms with E-state index in [0.29, 0.717) is 17.5 Å². The summed E-state index contributed by atoms with van der Waals surface area (Å²) < 4.78 is 0. The number of rotatable bonds is 3. The highest BCUT2D eigenvalue weighted by molar-refractivity contribution is 6.34. The van der Waals surface area contributed by atoms with Crippen LogP contribution in [0, 0.1) is 0 Å². The molecule has 0 bridgehead atoms. The molecule has 1 aromatic heterocycles. The van der Waals surface area contributed by atoms with Gasteiger partial charge >= 0.3 is 0 Å². The van der Waals surface area contributed by atoms with Gasteiger partial charge < -0.3 is 0 Å². The molecule has 0 radical (unpaired) electrons. The number of Topliss-reactive ketones (excluding diaryl/α,β-unsaturated/α-hetero) is 1. The molecule has 0 unspecified atom stereocenters. The highest BCUT2D eigenvalue weighted by Gasteiger charge is 2.37. The van der Waals surface area contributed by atoms with Crippen molar-refractivity contribution in [3.05, 3.63) is 59.3 Å². The second kappa shape index (κ2) is 4.94. The molecule has 1 aliphatic rings. The summed E-state index contributed by atoms with van der Waals surface area (Å²) in [5.41, 5.74) is 0.972.